The van der Waals surface area contributed by atoms with Gasteiger partial charge in [-0.2, -0.15) is 8.42 Å². The standard InChI is InChI=1S/C11H7Cl2NO3S/c12-9-4-1-5-10(13)11(9)17-18(15,16)8-3-2-6-14-7-8/h1-7H. The van der Waals surface area contributed by atoms with Gasteiger partial charge >= 0.3 is 10.1 Å². The van der Waals surface area contributed by atoms with Gasteiger partial charge in [0.25, 0.3) is 0 Å². The van der Waals surface area contributed by atoms with Crippen LogP contribution in [0.2, 0.25) is 10.0 Å². The lowest BCUT2D eigenvalue weighted by atomic mass is 10.3. The van der Waals surface area contributed by atoms with Gasteiger partial charge in [-0.3, -0.25) is 4.98 Å². The Labute approximate surface area is 114 Å². The fourth-order valence-corrected chi connectivity index (χ4v) is 2.71. The molecule has 1 aromatic heterocycles. The van der Waals surface area contributed by atoms with Crippen LogP contribution in [0.3, 0.4) is 0 Å². The Morgan fingerprint density at radius 3 is 2.28 bits per heavy atom. The summed E-state index contributed by atoms with van der Waals surface area (Å²) in [5.41, 5.74) is 0. The number of hydrogen-bond donors (Lipinski definition) is 0. The highest BCUT2D eigenvalue weighted by molar-refractivity contribution is 7.87. The normalized spacial score (nSPS) is 11.2. The van der Waals surface area contributed by atoms with Crippen LogP contribution in [0.1, 0.15) is 0 Å². The van der Waals surface area contributed by atoms with Crippen molar-refractivity contribution in [3.05, 3.63) is 52.8 Å². The molecular weight excluding hydrogens is 297 g/mol. The smallest absolute Gasteiger partial charge is 0.340 e. The van der Waals surface area contributed by atoms with Crippen LogP contribution in [0.4, 0.5) is 0 Å². The minimum absolute atomic E-state index is 0.0685. The topological polar surface area (TPSA) is 56.3 Å². The van der Waals surface area contributed by atoms with Gasteiger partial charge in [0.2, 0.25) is 0 Å². The molecule has 0 aliphatic carbocycles. The molecule has 2 aromatic rings. The molecule has 0 amide bonds. The van der Waals surface area contributed by atoms with E-state index in [1.165, 1.54) is 36.7 Å². The summed E-state index contributed by atoms with van der Waals surface area (Å²) < 4.78 is 28.8. The van der Waals surface area contributed by atoms with Crippen LogP contribution < -0.4 is 4.18 Å². The summed E-state index contributed by atoms with van der Waals surface area (Å²) in [4.78, 5) is 3.64. The largest absolute Gasteiger partial charge is 0.376 e. The minimum atomic E-state index is -3.99. The SMILES string of the molecule is O=S(=O)(Oc1c(Cl)cccc1Cl)c1cccnc1. The van der Waals surface area contributed by atoms with Crippen molar-refractivity contribution >= 4 is 33.3 Å². The zero-order valence-corrected chi connectivity index (χ0v) is 11.2. The van der Waals surface area contributed by atoms with Crippen LogP contribution in [0.5, 0.6) is 5.75 Å². The third-order valence-corrected chi connectivity index (χ3v) is 3.84. The van der Waals surface area contributed by atoms with E-state index >= 15 is 0 Å². The number of aromatic nitrogens is 1. The fourth-order valence-electron chi connectivity index (χ4n) is 1.21. The molecule has 94 valence electrons. The van der Waals surface area contributed by atoms with Crippen molar-refractivity contribution in [2.75, 3.05) is 0 Å². The second-order valence-electron chi connectivity index (χ2n) is 3.28. The van der Waals surface area contributed by atoms with Crippen molar-refractivity contribution < 1.29 is 12.6 Å². The van der Waals surface area contributed by atoms with Gasteiger partial charge in [-0.15, -0.1) is 0 Å². The Morgan fingerprint density at radius 1 is 1.06 bits per heavy atom. The summed E-state index contributed by atoms with van der Waals surface area (Å²) in [6.07, 6.45) is 2.64. The Bertz CT molecular complexity index is 639. The first-order chi connectivity index (χ1) is 8.50. The second kappa shape index (κ2) is 5.14. The molecule has 0 bridgehead atoms. The van der Waals surface area contributed by atoms with Crippen LogP contribution in [0.25, 0.3) is 0 Å². The molecule has 0 unspecified atom stereocenters. The van der Waals surface area contributed by atoms with Crippen molar-refractivity contribution in [3.63, 3.8) is 0 Å². The van der Waals surface area contributed by atoms with Gasteiger partial charge in [-0.1, -0.05) is 29.3 Å². The summed E-state index contributed by atoms with van der Waals surface area (Å²) in [6.45, 7) is 0. The average Bonchev–Trinajstić information content (AvgIpc) is 2.35. The lowest BCUT2D eigenvalue weighted by molar-refractivity contribution is 0.486. The van der Waals surface area contributed by atoms with Crippen LogP contribution in [-0.2, 0) is 10.1 Å². The highest BCUT2D eigenvalue weighted by atomic mass is 35.5. The van der Waals surface area contributed by atoms with E-state index in [9.17, 15) is 8.42 Å². The number of para-hydroxylation sites is 1. The summed E-state index contributed by atoms with van der Waals surface area (Å²) in [5, 5.41) is 0.241. The van der Waals surface area contributed by atoms with Crippen LogP contribution in [0.15, 0.2) is 47.6 Å². The molecule has 0 saturated heterocycles. The molecular formula is C11H7Cl2NO3S. The maximum atomic E-state index is 11.9. The Balaban J connectivity index is 2.41. The van der Waals surface area contributed by atoms with Crippen molar-refractivity contribution in [3.8, 4) is 5.75 Å². The molecule has 0 spiro atoms. The number of nitrogens with zero attached hydrogens (tertiary/aromatic N) is 1. The molecule has 0 saturated carbocycles. The van der Waals surface area contributed by atoms with E-state index < -0.39 is 10.1 Å². The van der Waals surface area contributed by atoms with Crippen LogP contribution in [-0.4, -0.2) is 13.4 Å². The molecule has 1 aromatic carbocycles. The van der Waals surface area contributed by atoms with Crippen molar-refractivity contribution in [2.45, 2.75) is 4.90 Å². The quantitative estimate of drug-likeness (QED) is 0.817. The van der Waals surface area contributed by atoms with Gasteiger partial charge in [-0.25, -0.2) is 0 Å². The van der Waals surface area contributed by atoms with Crippen molar-refractivity contribution in [1.29, 1.82) is 0 Å². The predicted molar refractivity (Wildman–Crippen MR) is 68.5 cm³/mol. The van der Waals surface area contributed by atoms with E-state index in [0.29, 0.717) is 0 Å². The summed E-state index contributed by atoms with van der Waals surface area (Å²) >= 11 is 11.7. The number of hydrogen-bond acceptors (Lipinski definition) is 4. The van der Waals surface area contributed by atoms with Crippen LogP contribution >= 0.6 is 23.2 Å². The molecule has 2 rings (SSSR count). The number of benzene rings is 1. The maximum absolute atomic E-state index is 11.9. The van der Waals surface area contributed by atoms with Crippen molar-refractivity contribution in [2.24, 2.45) is 0 Å². The molecule has 1 heterocycles. The van der Waals surface area contributed by atoms with Gasteiger partial charge < -0.3 is 4.18 Å². The first-order valence-electron chi connectivity index (χ1n) is 4.79. The first kappa shape index (κ1) is 13.1. The zero-order chi connectivity index (χ0) is 13.2. The van der Waals surface area contributed by atoms with E-state index in [4.69, 9.17) is 27.4 Å². The zero-order valence-electron chi connectivity index (χ0n) is 8.88. The predicted octanol–water partition coefficient (Wildman–Crippen LogP) is 3.16. The van der Waals surface area contributed by atoms with Crippen molar-refractivity contribution in [1.82, 2.24) is 4.98 Å². The summed E-state index contributed by atoms with van der Waals surface area (Å²) in [7, 11) is -3.99. The molecule has 0 atom stereocenters. The highest BCUT2D eigenvalue weighted by Crippen LogP contribution is 2.34. The third-order valence-electron chi connectivity index (χ3n) is 2.04. The summed E-state index contributed by atoms with van der Waals surface area (Å²) in [6, 6.07) is 7.43. The van der Waals surface area contributed by atoms with Gasteiger partial charge in [-0.05, 0) is 24.3 Å². The van der Waals surface area contributed by atoms with E-state index in [0.717, 1.165) is 0 Å². The second-order valence-corrected chi connectivity index (χ2v) is 5.64. The number of halogens is 2. The third kappa shape index (κ3) is 2.75. The van der Waals surface area contributed by atoms with Gasteiger partial charge in [0.15, 0.2) is 5.75 Å². The van der Waals surface area contributed by atoms with Gasteiger partial charge in [0.1, 0.15) is 4.90 Å². The Morgan fingerprint density at radius 2 is 1.72 bits per heavy atom. The van der Waals surface area contributed by atoms with E-state index in [1.807, 2.05) is 0 Å². The Kier molecular flexibility index (Phi) is 3.75. The highest BCUT2D eigenvalue weighted by Gasteiger charge is 2.20. The first-order valence-corrected chi connectivity index (χ1v) is 6.95. The summed E-state index contributed by atoms with van der Waals surface area (Å²) in [5.74, 6) is -0.0929. The van der Waals surface area contributed by atoms with Gasteiger partial charge in [0, 0.05) is 12.4 Å². The fraction of sp³-hybridized carbons (Fsp3) is 0. The van der Waals surface area contributed by atoms with E-state index in [-0.39, 0.29) is 20.7 Å². The number of rotatable bonds is 3. The molecule has 0 radical (unpaired) electrons. The maximum Gasteiger partial charge on any atom is 0.340 e. The molecule has 7 heteroatoms. The molecule has 0 aliphatic rings. The van der Waals surface area contributed by atoms with E-state index in [2.05, 4.69) is 4.98 Å². The molecule has 0 aliphatic heterocycles. The molecule has 4 nitrogen and oxygen atoms in total. The Hall–Kier alpha value is -1.30. The minimum Gasteiger partial charge on any atom is -0.376 e. The molecule has 18 heavy (non-hydrogen) atoms. The number of pyridine rings is 1. The molecule has 0 N–H and O–H groups in total. The lowest BCUT2D eigenvalue weighted by Gasteiger charge is -2.09. The lowest BCUT2D eigenvalue weighted by Crippen LogP contribution is -2.10. The van der Waals surface area contributed by atoms with Crippen LogP contribution in [0, 0.1) is 0 Å². The monoisotopic (exact) mass is 303 g/mol. The average molecular weight is 304 g/mol. The van der Waals surface area contributed by atoms with Gasteiger partial charge in [0.05, 0.1) is 10.0 Å². The molecule has 0 fully saturated rings. The van der Waals surface area contributed by atoms with E-state index in [1.54, 1.807) is 6.07 Å².